The van der Waals surface area contributed by atoms with Gasteiger partial charge in [-0.25, -0.2) is 9.59 Å². The van der Waals surface area contributed by atoms with Crippen LogP contribution < -0.4 is 0 Å². The Balaban J connectivity index is -0.000000262. The van der Waals surface area contributed by atoms with E-state index in [4.69, 9.17) is 24.1 Å². The maximum absolute atomic E-state index is 12.0. The van der Waals surface area contributed by atoms with Crippen molar-refractivity contribution in [2.75, 3.05) is 61.7 Å². The number of aliphatic hydroxyl groups excluding tert-OH is 1. The van der Waals surface area contributed by atoms with Gasteiger partial charge < -0.3 is 39.3 Å². The van der Waals surface area contributed by atoms with Crippen LogP contribution in [-0.4, -0.2) is 117 Å². The van der Waals surface area contributed by atoms with Crippen LogP contribution in [0.25, 0.3) is 0 Å². The molecule has 0 heterocycles. The Morgan fingerprint density at radius 2 is 1.11 bits per heavy atom. The second-order valence-electron chi connectivity index (χ2n) is 7.20. The quantitative estimate of drug-likeness (QED) is 0.152. The van der Waals surface area contributed by atoms with Crippen molar-refractivity contribution in [1.29, 1.82) is 0 Å². The number of ether oxygens (including phenoxy) is 4. The van der Waals surface area contributed by atoms with Gasteiger partial charge in [0, 0.05) is 53.5 Å². The van der Waals surface area contributed by atoms with Crippen molar-refractivity contribution >= 4 is 29.5 Å². The van der Waals surface area contributed by atoms with Gasteiger partial charge in [-0.15, -0.1) is 0 Å². The summed E-state index contributed by atoms with van der Waals surface area (Å²) < 4.78 is 19.7. The number of aliphatic hydroxyl groups is 1. The van der Waals surface area contributed by atoms with Crippen molar-refractivity contribution in [2.24, 2.45) is 0 Å². The van der Waals surface area contributed by atoms with E-state index in [1.54, 1.807) is 14.0 Å². The highest BCUT2D eigenvalue weighted by Gasteiger charge is 2.35. The topological polar surface area (TPSA) is 180 Å². The second-order valence-corrected chi connectivity index (χ2v) is 7.20. The maximum atomic E-state index is 12.0. The molecule has 0 unspecified atom stereocenters. The molecule has 0 saturated heterocycles. The molecule has 210 valence electrons. The fraction of sp³-hybridized carbons (Fsp3) is 0.609. The van der Waals surface area contributed by atoms with E-state index in [0.717, 1.165) is 7.11 Å². The summed E-state index contributed by atoms with van der Waals surface area (Å²) in [6.45, 7) is 13.3. The fourth-order valence-corrected chi connectivity index (χ4v) is 1.87. The van der Waals surface area contributed by atoms with Crippen molar-refractivity contribution in [3.63, 3.8) is 0 Å². The normalized spacial score (nSPS) is 9.50. The van der Waals surface area contributed by atoms with Crippen molar-refractivity contribution in [2.45, 2.75) is 33.5 Å². The Bertz CT molecular complexity index is 746. The van der Waals surface area contributed by atoms with Gasteiger partial charge in [-0.3, -0.25) is 14.4 Å². The molecule has 0 aliphatic carbocycles. The number of hydrogen-bond donors (Lipinski definition) is 1. The van der Waals surface area contributed by atoms with Gasteiger partial charge in [0.1, 0.15) is 13.2 Å². The molecule has 3 N–H and O–H groups in total. The lowest BCUT2D eigenvalue weighted by Gasteiger charge is -2.29. The number of ketones is 1. The maximum Gasteiger partial charge on any atom is 0.333 e. The van der Waals surface area contributed by atoms with Crippen LogP contribution in [0.1, 0.15) is 27.7 Å². The van der Waals surface area contributed by atoms with Crippen LogP contribution in [0, 0.1) is 0 Å². The minimum Gasteiger partial charge on any atom is -0.460 e. The molecule has 0 spiro atoms. The summed E-state index contributed by atoms with van der Waals surface area (Å²) >= 11 is 0. The molecule has 0 aromatic heterocycles. The molecule has 0 atom stereocenters. The highest BCUT2D eigenvalue weighted by Crippen LogP contribution is 2.13. The summed E-state index contributed by atoms with van der Waals surface area (Å²) in [7, 11) is 6.82. The van der Waals surface area contributed by atoms with Crippen molar-refractivity contribution in [3.05, 3.63) is 24.3 Å². The lowest BCUT2D eigenvalue weighted by Crippen LogP contribution is -2.49. The zero-order chi connectivity index (χ0) is 28.4. The highest BCUT2D eigenvalue weighted by molar-refractivity contribution is 6.34. The second kappa shape index (κ2) is 21.2. The number of likely N-dealkylation sites (N-methyl/N-ethyl adjacent to an activating group) is 2. The van der Waals surface area contributed by atoms with Gasteiger partial charge in [0.25, 0.3) is 11.8 Å². The summed E-state index contributed by atoms with van der Waals surface area (Å²) in [4.78, 5) is 58.3. The van der Waals surface area contributed by atoms with E-state index in [1.165, 1.54) is 51.8 Å². The first kappa shape index (κ1) is 40.1. The van der Waals surface area contributed by atoms with Crippen LogP contribution in [-0.2, 0) is 42.9 Å². The first-order valence-electron chi connectivity index (χ1n) is 10.4. The number of nitrogens with zero attached hydrogens (tertiary/aromatic N) is 2. The Kier molecular flexibility index (Phi) is 23.6. The average molecular weight is 523 g/mol. The monoisotopic (exact) mass is 522 g/mol. The van der Waals surface area contributed by atoms with Gasteiger partial charge in [0.15, 0.2) is 0 Å². The van der Waals surface area contributed by atoms with Crippen LogP contribution in [0.2, 0.25) is 0 Å². The van der Waals surface area contributed by atoms with Crippen molar-refractivity contribution in [1.82, 2.24) is 9.80 Å². The van der Waals surface area contributed by atoms with Crippen LogP contribution >= 0.6 is 0 Å². The first-order valence-corrected chi connectivity index (χ1v) is 10.4. The number of Topliss-reactive ketones (excluding diaryl/α,β-unsaturated/α-hetero) is 1. The van der Waals surface area contributed by atoms with Crippen LogP contribution in [0.4, 0.5) is 0 Å². The molecular weight excluding hydrogens is 480 g/mol. The number of esters is 2. The zero-order valence-corrected chi connectivity index (χ0v) is 22.8. The third-order valence-electron chi connectivity index (χ3n) is 4.18. The highest BCUT2D eigenvalue weighted by atomic mass is 16.7. The fourth-order valence-electron chi connectivity index (χ4n) is 1.87. The molecule has 0 aromatic rings. The summed E-state index contributed by atoms with van der Waals surface area (Å²) in [5.74, 6) is -3.78. The van der Waals surface area contributed by atoms with Crippen molar-refractivity contribution < 1.29 is 53.5 Å². The van der Waals surface area contributed by atoms with E-state index < -0.39 is 29.4 Å². The molecule has 0 fully saturated rings. The van der Waals surface area contributed by atoms with Gasteiger partial charge in [-0.05, 0) is 20.8 Å². The van der Waals surface area contributed by atoms with E-state index in [0.29, 0.717) is 11.1 Å². The number of hydrogen-bond acceptors (Lipinski definition) is 10. The van der Waals surface area contributed by atoms with Gasteiger partial charge in [-0.2, -0.15) is 0 Å². The van der Waals surface area contributed by atoms with Crippen molar-refractivity contribution in [3.8, 4) is 0 Å². The van der Waals surface area contributed by atoms with Gasteiger partial charge in [0.05, 0.1) is 13.1 Å². The molecule has 13 nitrogen and oxygen atoms in total. The van der Waals surface area contributed by atoms with Crippen LogP contribution in [0.5, 0.6) is 0 Å². The summed E-state index contributed by atoms with van der Waals surface area (Å²) in [5, 5.41) is 7.00. The molecule has 36 heavy (non-hydrogen) atoms. The molecule has 13 heteroatoms. The number of methoxy groups -OCH3 is 2. The summed E-state index contributed by atoms with van der Waals surface area (Å²) in [6.07, 6.45) is 0. The van der Waals surface area contributed by atoms with Crippen LogP contribution in [0.15, 0.2) is 24.3 Å². The standard InChI is InChI=1S/C12H21NO5.C10H15NO4.CH4O.H2O/c1-9(2)10(14)18-8-7-13(4)11(15)12(3,16-5)17-6;1-7(2)10(14)15-6-5-11(4)9(13)8(3)12;1-2;/h1,7-8H2,2-6H3;1,5-6H2,2-4H3;2H,1H3;1H2. The summed E-state index contributed by atoms with van der Waals surface area (Å²) in [6, 6.07) is 0. The third-order valence-corrected chi connectivity index (χ3v) is 4.18. The molecular formula is C23H42N2O11. The minimum absolute atomic E-state index is 0. The largest absolute Gasteiger partial charge is 0.460 e. The van der Waals surface area contributed by atoms with Gasteiger partial charge >= 0.3 is 11.9 Å². The molecule has 2 amide bonds. The number of rotatable bonds is 12. The van der Waals surface area contributed by atoms with E-state index >= 15 is 0 Å². The molecule has 0 aliphatic rings. The number of carbonyl (C=O) groups excluding carboxylic acids is 5. The number of amides is 2. The lowest BCUT2D eigenvalue weighted by atomic mass is 10.3. The third kappa shape index (κ3) is 16.5. The van der Waals surface area contributed by atoms with Gasteiger partial charge in [-0.1, -0.05) is 13.2 Å². The molecule has 0 aliphatic heterocycles. The molecule has 0 rings (SSSR count). The van der Waals surface area contributed by atoms with Gasteiger partial charge in [0.2, 0.25) is 11.6 Å². The Labute approximate surface area is 212 Å². The van der Waals surface area contributed by atoms with E-state index in [-0.39, 0.29) is 37.7 Å². The van der Waals surface area contributed by atoms with E-state index in [1.807, 2.05) is 0 Å². The Hall–Kier alpha value is -3.13. The Morgan fingerprint density at radius 3 is 1.39 bits per heavy atom. The molecule has 0 bridgehead atoms. The smallest absolute Gasteiger partial charge is 0.333 e. The van der Waals surface area contributed by atoms with E-state index in [9.17, 15) is 24.0 Å². The predicted octanol–water partition coefficient (Wildman–Crippen LogP) is -0.490. The molecule has 0 radical (unpaired) electrons. The zero-order valence-electron chi connectivity index (χ0n) is 22.8. The van der Waals surface area contributed by atoms with Crippen LogP contribution in [0.3, 0.4) is 0 Å². The average Bonchev–Trinajstić information content (AvgIpc) is 2.83. The van der Waals surface area contributed by atoms with E-state index in [2.05, 4.69) is 13.2 Å². The summed E-state index contributed by atoms with van der Waals surface area (Å²) in [5.41, 5.74) is 0.623. The number of carbonyl (C=O) groups is 5. The molecule has 0 saturated carbocycles. The Morgan fingerprint density at radius 1 is 0.778 bits per heavy atom. The molecule has 0 aromatic carbocycles. The lowest BCUT2D eigenvalue weighted by molar-refractivity contribution is -0.210. The minimum atomic E-state index is -1.33. The SMILES string of the molecule is C=C(C)C(=O)OCCN(C)C(=O)C(C)(OC)OC.C=C(C)C(=O)OCCN(C)C(=O)C(C)=O.CO.O. The first-order chi connectivity index (χ1) is 16.1. The predicted molar refractivity (Wildman–Crippen MR) is 132 cm³/mol.